The van der Waals surface area contributed by atoms with E-state index < -0.39 is 36.1 Å². The molecular weight excluding hydrogens is 260 g/mol. The van der Waals surface area contributed by atoms with Gasteiger partial charge in [-0.1, -0.05) is 0 Å². The van der Waals surface area contributed by atoms with Gasteiger partial charge in [0.2, 0.25) is 0 Å². The molecule has 0 radical (unpaired) electrons. The second-order valence-corrected chi connectivity index (χ2v) is 4.08. The number of aliphatic hydroxyl groups excluding tert-OH is 1. The number of imide groups is 1. The first-order valence-electron chi connectivity index (χ1n) is 5.48. The smallest absolute Gasteiger partial charge is 0.262 e. The average Bonchev–Trinajstić information content (AvgIpc) is 2.61. The minimum absolute atomic E-state index is 0.0626. The zero-order valence-corrected chi connectivity index (χ0v) is 10.0. The number of fused-ring (bicyclic) bond motifs is 1. The van der Waals surface area contributed by atoms with E-state index in [9.17, 15) is 18.4 Å². The number of rotatable bonds is 4. The van der Waals surface area contributed by atoms with Gasteiger partial charge in [-0.15, -0.1) is 0 Å². The lowest BCUT2D eigenvalue weighted by molar-refractivity contribution is 0.0357. The number of halogens is 2. The Morgan fingerprint density at radius 2 is 1.68 bits per heavy atom. The van der Waals surface area contributed by atoms with Crippen molar-refractivity contribution < 1.29 is 28.2 Å². The maximum atomic E-state index is 13.1. The van der Waals surface area contributed by atoms with Gasteiger partial charge in [-0.25, -0.2) is 8.78 Å². The summed E-state index contributed by atoms with van der Waals surface area (Å²) in [6.45, 7) is -0.558. The van der Waals surface area contributed by atoms with Gasteiger partial charge in [-0.3, -0.25) is 14.5 Å². The first-order chi connectivity index (χ1) is 9.01. The predicted octanol–water partition coefficient (Wildman–Crippen LogP) is 0.568. The number of carbonyl (C=O) groups is 2. The highest BCUT2D eigenvalue weighted by molar-refractivity contribution is 6.21. The molecule has 2 amide bonds. The van der Waals surface area contributed by atoms with Crippen molar-refractivity contribution in [1.82, 2.24) is 4.90 Å². The summed E-state index contributed by atoms with van der Waals surface area (Å²) in [4.78, 5) is 24.7. The van der Waals surface area contributed by atoms with Crippen LogP contribution in [-0.2, 0) is 4.74 Å². The summed E-state index contributed by atoms with van der Waals surface area (Å²) < 4.78 is 31.0. The van der Waals surface area contributed by atoms with Crippen molar-refractivity contribution in [2.75, 3.05) is 20.3 Å². The normalized spacial score (nSPS) is 15.9. The first kappa shape index (κ1) is 13.6. The number of methoxy groups -OCH3 is 1. The topological polar surface area (TPSA) is 66.8 Å². The van der Waals surface area contributed by atoms with Crippen molar-refractivity contribution in [1.29, 1.82) is 0 Å². The largest absolute Gasteiger partial charge is 0.394 e. The van der Waals surface area contributed by atoms with Crippen LogP contribution < -0.4 is 0 Å². The Labute approximate surface area is 107 Å². The zero-order chi connectivity index (χ0) is 14.2. The van der Waals surface area contributed by atoms with E-state index in [0.717, 1.165) is 4.90 Å². The minimum atomic E-state index is -1.20. The molecule has 19 heavy (non-hydrogen) atoms. The number of hydrogen-bond donors (Lipinski definition) is 1. The highest BCUT2D eigenvalue weighted by Crippen LogP contribution is 2.26. The number of benzene rings is 1. The average molecular weight is 271 g/mol. The van der Waals surface area contributed by atoms with Gasteiger partial charge < -0.3 is 9.84 Å². The van der Waals surface area contributed by atoms with Crippen LogP contribution in [0.2, 0.25) is 0 Å². The lowest BCUT2D eigenvalue weighted by Crippen LogP contribution is -2.44. The van der Waals surface area contributed by atoms with Gasteiger partial charge in [0, 0.05) is 7.11 Å². The van der Waals surface area contributed by atoms with Gasteiger partial charge in [0.15, 0.2) is 11.6 Å². The zero-order valence-electron chi connectivity index (χ0n) is 10.0. The molecule has 0 aromatic heterocycles. The number of amides is 2. The van der Waals surface area contributed by atoms with Crippen molar-refractivity contribution in [3.63, 3.8) is 0 Å². The Morgan fingerprint density at radius 3 is 2.05 bits per heavy atom. The number of hydrogen-bond acceptors (Lipinski definition) is 4. The van der Waals surface area contributed by atoms with Crippen LogP contribution in [0.5, 0.6) is 0 Å². The fourth-order valence-electron chi connectivity index (χ4n) is 1.99. The van der Waals surface area contributed by atoms with Crippen LogP contribution in [0.4, 0.5) is 8.78 Å². The monoisotopic (exact) mass is 271 g/mol. The molecule has 1 aliphatic rings. The van der Waals surface area contributed by atoms with E-state index in [-0.39, 0.29) is 17.7 Å². The van der Waals surface area contributed by atoms with Crippen LogP contribution in [0.25, 0.3) is 0 Å². The van der Waals surface area contributed by atoms with Crippen LogP contribution in [0.3, 0.4) is 0 Å². The van der Waals surface area contributed by atoms with E-state index in [4.69, 9.17) is 9.84 Å². The standard InChI is InChI=1S/C12H11F2NO4/c1-19-5-6(4-16)15-11(17)7-2-9(13)10(14)3-8(7)12(15)18/h2-3,6,16H,4-5H2,1H3. The molecule has 1 atom stereocenters. The van der Waals surface area contributed by atoms with Crippen molar-refractivity contribution in [2.45, 2.75) is 6.04 Å². The summed E-state index contributed by atoms with van der Waals surface area (Å²) in [6, 6.07) is 0.488. The van der Waals surface area contributed by atoms with Crippen LogP contribution in [0.15, 0.2) is 12.1 Å². The maximum Gasteiger partial charge on any atom is 0.262 e. The van der Waals surface area contributed by atoms with Gasteiger partial charge in [0.1, 0.15) is 0 Å². The second kappa shape index (κ2) is 5.02. The molecule has 0 fully saturated rings. The summed E-state index contributed by atoms with van der Waals surface area (Å²) >= 11 is 0. The first-order valence-corrected chi connectivity index (χ1v) is 5.48. The molecule has 0 aliphatic carbocycles. The number of ether oxygens (including phenoxy) is 1. The Morgan fingerprint density at radius 1 is 1.21 bits per heavy atom. The van der Waals surface area contributed by atoms with Crippen LogP contribution in [0.1, 0.15) is 20.7 Å². The summed E-state index contributed by atoms with van der Waals surface area (Å²) in [5.41, 5.74) is -0.420. The highest BCUT2D eigenvalue weighted by Gasteiger charge is 2.40. The summed E-state index contributed by atoms with van der Waals surface area (Å²) in [5.74, 6) is -3.94. The van der Waals surface area contributed by atoms with Crippen molar-refractivity contribution in [2.24, 2.45) is 0 Å². The second-order valence-electron chi connectivity index (χ2n) is 4.08. The predicted molar refractivity (Wildman–Crippen MR) is 59.6 cm³/mol. The SMILES string of the molecule is COCC(CO)N1C(=O)c2cc(F)c(F)cc2C1=O. The Hall–Kier alpha value is -1.86. The third kappa shape index (κ3) is 2.11. The van der Waals surface area contributed by atoms with Gasteiger partial charge in [0.25, 0.3) is 11.8 Å². The number of aliphatic hydroxyl groups is 1. The summed E-state index contributed by atoms with van der Waals surface area (Å²) in [7, 11) is 1.35. The Bertz CT molecular complexity index is 506. The Balaban J connectivity index is 2.44. The van der Waals surface area contributed by atoms with Crippen molar-refractivity contribution >= 4 is 11.8 Å². The molecule has 1 aromatic carbocycles. The minimum Gasteiger partial charge on any atom is -0.394 e. The van der Waals surface area contributed by atoms with E-state index in [2.05, 4.69) is 0 Å². The van der Waals surface area contributed by atoms with Crippen molar-refractivity contribution in [3.8, 4) is 0 Å². The molecule has 0 spiro atoms. The van der Waals surface area contributed by atoms with E-state index in [1.54, 1.807) is 0 Å². The van der Waals surface area contributed by atoms with E-state index in [1.165, 1.54) is 7.11 Å². The fourth-order valence-corrected chi connectivity index (χ4v) is 1.99. The molecular formula is C12H11F2NO4. The molecule has 1 N–H and O–H groups in total. The van der Waals surface area contributed by atoms with Crippen LogP contribution >= 0.6 is 0 Å². The van der Waals surface area contributed by atoms with Crippen LogP contribution in [0, 0.1) is 11.6 Å². The molecule has 0 saturated carbocycles. The maximum absolute atomic E-state index is 13.1. The molecule has 1 aliphatic heterocycles. The molecule has 1 heterocycles. The molecule has 102 valence electrons. The highest BCUT2D eigenvalue weighted by atomic mass is 19.2. The quantitative estimate of drug-likeness (QED) is 0.813. The lowest BCUT2D eigenvalue weighted by Gasteiger charge is -2.23. The fraction of sp³-hybridized carbons (Fsp3) is 0.333. The molecule has 1 unspecified atom stereocenters. The van der Waals surface area contributed by atoms with Gasteiger partial charge in [-0.05, 0) is 12.1 Å². The molecule has 7 heteroatoms. The lowest BCUT2D eigenvalue weighted by atomic mass is 10.1. The van der Waals surface area contributed by atoms with Gasteiger partial charge in [0.05, 0.1) is 30.4 Å². The Kier molecular flexibility index (Phi) is 3.59. The molecule has 0 saturated heterocycles. The molecule has 1 aromatic rings. The third-order valence-electron chi connectivity index (χ3n) is 2.89. The third-order valence-corrected chi connectivity index (χ3v) is 2.89. The number of carbonyl (C=O) groups excluding carboxylic acids is 2. The van der Waals surface area contributed by atoms with E-state index >= 15 is 0 Å². The van der Waals surface area contributed by atoms with Gasteiger partial charge in [-0.2, -0.15) is 0 Å². The molecule has 5 nitrogen and oxygen atoms in total. The van der Waals surface area contributed by atoms with E-state index in [1.807, 2.05) is 0 Å². The van der Waals surface area contributed by atoms with Crippen molar-refractivity contribution in [3.05, 3.63) is 34.9 Å². The number of nitrogens with zero attached hydrogens (tertiary/aromatic N) is 1. The van der Waals surface area contributed by atoms with Crippen LogP contribution in [-0.4, -0.2) is 48.2 Å². The van der Waals surface area contributed by atoms with E-state index in [0.29, 0.717) is 12.1 Å². The van der Waals surface area contributed by atoms with Gasteiger partial charge >= 0.3 is 0 Å². The molecule has 2 rings (SSSR count). The summed E-state index contributed by atoms with van der Waals surface area (Å²) in [6.07, 6.45) is 0. The molecule has 0 bridgehead atoms. The summed E-state index contributed by atoms with van der Waals surface area (Å²) in [5, 5.41) is 9.17.